The first-order valence-electron chi connectivity index (χ1n) is 9.01. The standard InChI is InChI=1S/C23H17ClN2O3/c24-17-12-10-16(11-13-17)22-14-18(26-29-22)15-25-23(27)20-8-4-5-9-21(20)28-19-6-2-1-3-7-19/h1-14H,15H2,(H,25,27). The minimum Gasteiger partial charge on any atom is -0.457 e. The number of ether oxygens (including phenoxy) is 1. The van der Waals surface area contributed by atoms with Gasteiger partial charge in [0.2, 0.25) is 0 Å². The van der Waals surface area contributed by atoms with Gasteiger partial charge in [0.25, 0.3) is 5.91 Å². The van der Waals surface area contributed by atoms with Gasteiger partial charge in [-0.25, -0.2) is 0 Å². The van der Waals surface area contributed by atoms with Crippen LogP contribution in [0.25, 0.3) is 11.3 Å². The van der Waals surface area contributed by atoms with Crippen LogP contribution in [0.15, 0.2) is 89.5 Å². The molecule has 0 spiro atoms. The van der Waals surface area contributed by atoms with E-state index in [1.54, 1.807) is 36.4 Å². The van der Waals surface area contributed by atoms with E-state index in [0.717, 1.165) is 5.56 Å². The highest BCUT2D eigenvalue weighted by atomic mass is 35.5. The van der Waals surface area contributed by atoms with Crippen LogP contribution in [0.1, 0.15) is 16.1 Å². The Bertz CT molecular complexity index is 1110. The molecule has 1 N–H and O–H groups in total. The van der Waals surface area contributed by atoms with Crippen molar-refractivity contribution in [3.05, 3.63) is 101 Å². The molecule has 0 atom stereocenters. The predicted molar refractivity (Wildman–Crippen MR) is 111 cm³/mol. The van der Waals surface area contributed by atoms with Gasteiger partial charge in [-0.2, -0.15) is 0 Å². The number of amides is 1. The van der Waals surface area contributed by atoms with Gasteiger partial charge in [-0.3, -0.25) is 4.79 Å². The van der Waals surface area contributed by atoms with Crippen molar-refractivity contribution in [2.75, 3.05) is 0 Å². The van der Waals surface area contributed by atoms with Crippen LogP contribution < -0.4 is 10.1 Å². The molecule has 3 aromatic carbocycles. The lowest BCUT2D eigenvalue weighted by molar-refractivity contribution is 0.0948. The smallest absolute Gasteiger partial charge is 0.255 e. The van der Waals surface area contributed by atoms with Crippen molar-refractivity contribution in [1.82, 2.24) is 10.5 Å². The topological polar surface area (TPSA) is 64.4 Å². The van der Waals surface area contributed by atoms with Crippen LogP contribution in [0, 0.1) is 0 Å². The van der Waals surface area contributed by atoms with Crippen LogP contribution in [-0.4, -0.2) is 11.1 Å². The molecule has 5 nitrogen and oxygen atoms in total. The molecule has 0 saturated heterocycles. The van der Waals surface area contributed by atoms with Crippen molar-refractivity contribution in [2.24, 2.45) is 0 Å². The summed E-state index contributed by atoms with van der Waals surface area (Å²) in [5, 5.41) is 7.52. The van der Waals surface area contributed by atoms with Crippen molar-refractivity contribution in [2.45, 2.75) is 6.54 Å². The summed E-state index contributed by atoms with van der Waals surface area (Å²) in [4.78, 5) is 12.7. The van der Waals surface area contributed by atoms with E-state index in [4.69, 9.17) is 20.9 Å². The van der Waals surface area contributed by atoms with E-state index in [9.17, 15) is 4.79 Å². The number of rotatable bonds is 6. The van der Waals surface area contributed by atoms with Crippen molar-refractivity contribution >= 4 is 17.5 Å². The normalized spacial score (nSPS) is 10.5. The van der Waals surface area contributed by atoms with Gasteiger partial charge < -0.3 is 14.6 Å². The first-order chi connectivity index (χ1) is 14.2. The van der Waals surface area contributed by atoms with E-state index in [1.807, 2.05) is 48.5 Å². The third-order valence-electron chi connectivity index (χ3n) is 4.22. The lowest BCUT2D eigenvalue weighted by atomic mass is 10.1. The molecule has 0 radical (unpaired) electrons. The van der Waals surface area contributed by atoms with Crippen LogP contribution >= 0.6 is 11.6 Å². The molecular formula is C23H17ClN2O3. The SMILES string of the molecule is O=C(NCc1cc(-c2ccc(Cl)cc2)on1)c1ccccc1Oc1ccccc1. The van der Waals surface area contributed by atoms with Gasteiger partial charge in [-0.15, -0.1) is 0 Å². The number of benzene rings is 3. The Morgan fingerprint density at radius 1 is 0.966 bits per heavy atom. The number of halogens is 1. The Hall–Kier alpha value is -3.57. The minimum absolute atomic E-state index is 0.232. The van der Waals surface area contributed by atoms with Crippen LogP contribution in [-0.2, 0) is 6.54 Å². The van der Waals surface area contributed by atoms with Crippen LogP contribution in [0.3, 0.4) is 0 Å². The number of para-hydroxylation sites is 2. The second kappa shape index (κ2) is 8.63. The van der Waals surface area contributed by atoms with E-state index >= 15 is 0 Å². The van der Waals surface area contributed by atoms with E-state index in [1.165, 1.54) is 0 Å². The lowest BCUT2D eigenvalue weighted by Crippen LogP contribution is -2.23. The molecule has 1 heterocycles. The molecule has 144 valence electrons. The quantitative estimate of drug-likeness (QED) is 0.446. The molecule has 4 aromatic rings. The van der Waals surface area contributed by atoms with Crippen molar-refractivity contribution in [3.63, 3.8) is 0 Å². The second-order valence-electron chi connectivity index (χ2n) is 6.28. The molecule has 29 heavy (non-hydrogen) atoms. The van der Waals surface area contributed by atoms with E-state index in [-0.39, 0.29) is 12.5 Å². The van der Waals surface area contributed by atoms with E-state index < -0.39 is 0 Å². The summed E-state index contributed by atoms with van der Waals surface area (Å²) in [6, 6.07) is 25.5. The summed E-state index contributed by atoms with van der Waals surface area (Å²) in [7, 11) is 0. The summed E-state index contributed by atoms with van der Waals surface area (Å²) in [6.07, 6.45) is 0. The monoisotopic (exact) mass is 404 g/mol. The second-order valence-corrected chi connectivity index (χ2v) is 6.72. The summed E-state index contributed by atoms with van der Waals surface area (Å²) >= 11 is 5.91. The minimum atomic E-state index is -0.257. The van der Waals surface area contributed by atoms with Gasteiger partial charge in [0, 0.05) is 16.7 Å². The zero-order valence-corrected chi connectivity index (χ0v) is 16.1. The molecule has 0 unspecified atom stereocenters. The maximum atomic E-state index is 12.7. The zero-order valence-electron chi connectivity index (χ0n) is 15.3. The summed E-state index contributed by atoms with van der Waals surface area (Å²) in [5.74, 6) is 1.50. The number of hydrogen-bond donors (Lipinski definition) is 1. The fourth-order valence-electron chi connectivity index (χ4n) is 2.77. The average molecular weight is 405 g/mol. The summed E-state index contributed by atoms with van der Waals surface area (Å²) < 4.78 is 11.2. The van der Waals surface area contributed by atoms with Crippen molar-refractivity contribution < 1.29 is 14.1 Å². The molecule has 0 saturated carbocycles. The fraction of sp³-hybridized carbons (Fsp3) is 0.0435. The Balaban J connectivity index is 1.43. The van der Waals surface area contributed by atoms with Crippen LogP contribution in [0.5, 0.6) is 11.5 Å². The van der Waals surface area contributed by atoms with E-state index in [2.05, 4.69) is 10.5 Å². The number of aromatic nitrogens is 1. The lowest BCUT2D eigenvalue weighted by Gasteiger charge is -2.10. The summed E-state index contributed by atoms with van der Waals surface area (Å²) in [6.45, 7) is 0.232. The van der Waals surface area contributed by atoms with Crippen molar-refractivity contribution in [3.8, 4) is 22.8 Å². The maximum absolute atomic E-state index is 12.7. The van der Waals surface area contributed by atoms with Crippen LogP contribution in [0.4, 0.5) is 0 Å². The number of nitrogens with one attached hydrogen (secondary N) is 1. The molecule has 0 fully saturated rings. The third-order valence-corrected chi connectivity index (χ3v) is 4.47. The Morgan fingerprint density at radius 3 is 2.48 bits per heavy atom. The first-order valence-corrected chi connectivity index (χ1v) is 9.38. The molecule has 0 aliphatic rings. The summed E-state index contributed by atoms with van der Waals surface area (Å²) in [5.41, 5.74) is 1.92. The molecule has 4 rings (SSSR count). The molecule has 1 aromatic heterocycles. The number of carbonyl (C=O) groups excluding carboxylic acids is 1. The predicted octanol–water partition coefficient (Wildman–Crippen LogP) is 5.72. The molecule has 0 aliphatic heterocycles. The Labute approximate surface area is 172 Å². The van der Waals surface area contributed by atoms with Gasteiger partial charge in [-0.05, 0) is 48.5 Å². The average Bonchev–Trinajstić information content (AvgIpc) is 3.23. The third kappa shape index (κ3) is 4.65. The van der Waals surface area contributed by atoms with Gasteiger partial charge in [0.05, 0.1) is 12.1 Å². The van der Waals surface area contributed by atoms with Gasteiger partial charge in [0.1, 0.15) is 17.2 Å². The number of nitrogens with zero attached hydrogens (tertiary/aromatic N) is 1. The highest BCUT2D eigenvalue weighted by molar-refractivity contribution is 6.30. The largest absolute Gasteiger partial charge is 0.457 e. The van der Waals surface area contributed by atoms with Crippen LogP contribution in [0.2, 0.25) is 5.02 Å². The molecule has 0 aliphatic carbocycles. The first kappa shape index (κ1) is 18.8. The highest BCUT2D eigenvalue weighted by Crippen LogP contribution is 2.25. The maximum Gasteiger partial charge on any atom is 0.255 e. The highest BCUT2D eigenvalue weighted by Gasteiger charge is 2.14. The van der Waals surface area contributed by atoms with Gasteiger partial charge >= 0.3 is 0 Å². The molecule has 1 amide bonds. The molecule has 6 heteroatoms. The molecule has 0 bridgehead atoms. The Kier molecular flexibility index (Phi) is 5.59. The molecular weight excluding hydrogens is 388 g/mol. The number of carbonyl (C=O) groups is 1. The Morgan fingerprint density at radius 2 is 1.69 bits per heavy atom. The number of hydrogen-bond acceptors (Lipinski definition) is 4. The zero-order chi connectivity index (χ0) is 20.1. The fourth-order valence-corrected chi connectivity index (χ4v) is 2.90. The van der Waals surface area contributed by atoms with E-state index in [0.29, 0.717) is 33.5 Å². The van der Waals surface area contributed by atoms with Gasteiger partial charge in [0.15, 0.2) is 5.76 Å². The van der Waals surface area contributed by atoms with Crippen molar-refractivity contribution in [1.29, 1.82) is 0 Å². The van der Waals surface area contributed by atoms with Gasteiger partial charge in [-0.1, -0.05) is 47.1 Å².